The molecule has 1 amide bonds. The van der Waals surface area contributed by atoms with Crippen molar-refractivity contribution in [2.45, 2.75) is 373 Å². The van der Waals surface area contributed by atoms with Crippen molar-refractivity contribution >= 4 is 19.7 Å². The second kappa shape index (κ2) is 70.7. The van der Waals surface area contributed by atoms with E-state index in [2.05, 4.69) is 111 Å². The lowest BCUT2D eigenvalue weighted by molar-refractivity contribution is -0.870. The van der Waals surface area contributed by atoms with Crippen LogP contribution in [0.2, 0.25) is 0 Å². The number of phosphoric acid groups is 1. The van der Waals surface area contributed by atoms with Crippen LogP contribution in [0.5, 0.6) is 0 Å². The summed E-state index contributed by atoms with van der Waals surface area (Å²) in [5.41, 5.74) is 0. The minimum Gasteiger partial charge on any atom is -0.456 e. The van der Waals surface area contributed by atoms with Crippen LogP contribution in [0.3, 0.4) is 0 Å². The molecule has 0 spiro atoms. The summed E-state index contributed by atoms with van der Waals surface area (Å²) in [6, 6.07) is -0.859. The molecule has 0 heterocycles. The van der Waals surface area contributed by atoms with Crippen molar-refractivity contribution in [1.82, 2.24) is 5.32 Å². The number of allylic oxidation sites excluding steroid dienone is 15. The molecule has 0 aliphatic heterocycles. The van der Waals surface area contributed by atoms with Crippen molar-refractivity contribution in [2.24, 2.45) is 0 Å². The SMILES string of the molecule is CC/C=C\C/C=C\C/C=C\C/C=C\C/C=C\C/C=C\CCCCCCCCCCC(=O)NC(COP(=O)(O)OCC[N+](C)(C)C)C(/C=C/CCCCCCCCCCCC)OC(=O)CCCCCCCCCCCCCCCCCCC/C=C/CCCCCCCC. The fraction of sp³-hybridized carbons (Fsp3) is 0.780. The molecule has 2 N–H and O–H groups in total. The number of likely N-dealkylation sites (N-methyl/N-ethyl adjacent to an activating group) is 1. The standard InChI is InChI=1S/C82H149N2O7P/c1-7-10-13-16-19-22-25-28-30-32-34-36-38-40-42-44-46-48-50-52-54-56-59-62-65-68-71-74-81(85)83-79(78-90-92(87,88)89-77-76-84(4,5)6)80(73-70-67-64-61-58-27-24-21-18-15-12-9-3)91-82(86)75-72-69-66-63-60-57-55-53-51-49-47-45-43-41-39-37-35-33-31-29-26-23-20-17-14-11-8-2/h10,13,19,22,28-31,34,36,40,42,46,48,70,73,79-80H,7-9,11-12,14-18,20-21,23-27,32-33,35,37-39,41,43-45,47,49-69,71-72,74-78H2,1-6H3,(H-,83,85,87,88)/p+1/b13-10-,22-19-,30-28-,31-29+,36-34-,42-40-,48-46-,73-70+. The number of nitrogens with zero attached hydrogens (tertiary/aromatic N) is 1. The number of ether oxygens (including phenoxy) is 1. The van der Waals surface area contributed by atoms with Crippen LogP contribution in [0.15, 0.2) is 97.2 Å². The van der Waals surface area contributed by atoms with E-state index in [1.807, 2.05) is 33.3 Å². The number of unbranched alkanes of at least 4 members (excludes halogenated alkanes) is 41. The van der Waals surface area contributed by atoms with E-state index in [0.29, 0.717) is 17.4 Å². The summed E-state index contributed by atoms with van der Waals surface area (Å²) in [6.07, 6.45) is 97.2. The van der Waals surface area contributed by atoms with Gasteiger partial charge in [0, 0.05) is 12.8 Å². The van der Waals surface area contributed by atoms with Gasteiger partial charge in [0.05, 0.1) is 33.8 Å². The van der Waals surface area contributed by atoms with Crippen LogP contribution in [-0.2, 0) is 27.9 Å². The number of carbonyl (C=O) groups excluding carboxylic acids is 2. The summed E-state index contributed by atoms with van der Waals surface area (Å²) in [6.45, 7) is 6.93. The summed E-state index contributed by atoms with van der Waals surface area (Å²) >= 11 is 0. The first-order chi connectivity index (χ1) is 44.9. The van der Waals surface area contributed by atoms with Crippen molar-refractivity contribution in [3.63, 3.8) is 0 Å². The van der Waals surface area contributed by atoms with Gasteiger partial charge in [-0.2, -0.15) is 0 Å². The number of nitrogens with one attached hydrogen (secondary N) is 1. The Labute approximate surface area is 570 Å². The fourth-order valence-electron chi connectivity index (χ4n) is 11.3. The van der Waals surface area contributed by atoms with E-state index in [1.54, 1.807) is 0 Å². The minimum atomic E-state index is -4.46. The summed E-state index contributed by atoms with van der Waals surface area (Å²) in [5.74, 6) is -0.505. The molecule has 9 nitrogen and oxygen atoms in total. The molecule has 0 aliphatic carbocycles. The number of carbonyl (C=O) groups is 2. The Morgan fingerprint density at radius 3 is 1.05 bits per heavy atom. The molecule has 3 atom stereocenters. The Hall–Kier alpha value is -3.07. The molecule has 0 aromatic carbocycles. The van der Waals surface area contributed by atoms with Gasteiger partial charge in [0.1, 0.15) is 19.3 Å². The first kappa shape index (κ1) is 88.9. The molecule has 0 saturated heterocycles. The number of hydrogen-bond acceptors (Lipinski definition) is 6. The van der Waals surface area contributed by atoms with Gasteiger partial charge in [-0.05, 0) is 109 Å². The maximum atomic E-state index is 13.7. The Kier molecular flexibility index (Phi) is 68.4. The van der Waals surface area contributed by atoms with Gasteiger partial charge in [0.25, 0.3) is 0 Å². The van der Waals surface area contributed by atoms with Gasteiger partial charge in [0.2, 0.25) is 5.91 Å². The molecule has 534 valence electrons. The monoisotopic (exact) mass is 1310 g/mol. The molecule has 0 radical (unpaired) electrons. The van der Waals surface area contributed by atoms with Gasteiger partial charge in [0.15, 0.2) is 0 Å². The lowest BCUT2D eigenvalue weighted by atomic mass is 10.0. The quantitative estimate of drug-likeness (QED) is 0.0205. The second-order valence-corrected chi connectivity index (χ2v) is 29.0. The van der Waals surface area contributed by atoms with Gasteiger partial charge in [-0.1, -0.05) is 337 Å². The van der Waals surface area contributed by atoms with E-state index in [9.17, 15) is 19.0 Å². The van der Waals surface area contributed by atoms with E-state index < -0.39 is 20.0 Å². The summed E-state index contributed by atoms with van der Waals surface area (Å²) in [7, 11) is 1.49. The van der Waals surface area contributed by atoms with Crippen LogP contribution in [0.25, 0.3) is 0 Å². The molecule has 0 aromatic heterocycles. The molecule has 0 fully saturated rings. The highest BCUT2D eigenvalue weighted by molar-refractivity contribution is 7.47. The van der Waals surface area contributed by atoms with E-state index in [-0.39, 0.29) is 31.5 Å². The van der Waals surface area contributed by atoms with Crippen molar-refractivity contribution in [1.29, 1.82) is 0 Å². The van der Waals surface area contributed by atoms with E-state index in [0.717, 1.165) is 109 Å². The zero-order valence-electron chi connectivity index (χ0n) is 61.3. The fourth-order valence-corrected chi connectivity index (χ4v) is 12.0. The molecule has 0 rings (SSSR count). The predicted octanol–water partition coefficient (Wildman–Crippen LogP) is 25.4. The van der Waals surface area contributed by atoms with E-state index in [4.69, 9.17) is 13.8 Å². The number of rotatable bonds is 71. The van der Waals surface area contributed by atoms with Gasteiger partial charge >= 0.3 is 13.8 Å². The predicted molar refractivity (Wildman–Crippen MR) is 401 cm³/mol. The largest absolute Gasteiger partial charge is 0.472 e. The molecule has 0 aliphatic rings. The van der Waals surface area contributed by atoms with Crippen LogP contribution < -0.4 is 5.32 Å². The molecule has 3 unspecified atom stereocenters. The number of amides is 1. The van der Waals surface area contributed by atoms with E-state index in [1.165, 1.54) is 218 Å². The first-order valence-electron chi connectivity index (χ1n) is 39.1. The highest BCUT2D eigenvalue weighted by atomic mass is 31.2. The van der Waals surface area contributed by atoms with Crippen LogP contribution in [0.4, 0.5) is 0 Å². The van der Waals surface area contributed by atoms with Gasteiger partial charge in [-0.15, -0.1) is 0 Å². The Morgan fingerprint density at radius 2 is 0.696 bits per heavy atom. The summed E-state index contributed by atoms with van der Waals surface area (Å²) in [4.78, 5) is 38.0. The Morgan fingerprint density at radius 1 is 0.391 bits per heavy atom. The number of phosphoric ester groups is 1. The Balaban J connectivity index is 4.96. The average molecular weight is 1310 g/mol. The maximum Gasteiger partial charge on any atom is 0.472 e. The van der Waals surface area contributed by atoms with Gasteiger partial charge < -0.3 is 19.4 Å². The highest BCUT2D eigenvalue weighted by Gasteiger charge is 2.30. The third-order valence-electron chi connectivity index (χ3n) is 17.3. The third kappa shape index (κ3) is 71.2. The Bertz CT molecular complexity index is 1900. The lowest BCUT2D eigenvalue weighted by Gasteiger charge is -2.27. The van der Waals surface area contributed by atoms with E-state index >= 15 is 0 Å². The molecule has 0 aromatic rings. The first-order valence-corrected chi connectivity index (χ1v) is 40.6. The molecule has 0 bridgehead atoms. The topological polar surface area (TPSA) is 111 Å². The zero-order chi connectivity index (χ0) is 67.0. The normalized spacial score (nSPS) is 13.9. The zero-order valence-corrected chi connectivity index (χ0v) is 62.2. The van der Waals surface area contributed by atoms with Crippen LogP contribution in [-0.4, -0.2) is 74.3 Å². The molecular weight excluding hydrogens is 1160 g/mol. The number of quaternary nitrogens is 1. The van der Waals surface area contributed by atoms with Gasteiger partial charge in [-0.3, -0.25) is 18.6 Å². The second-order valence-electron chi connectivity index (χ2n) is 27.5. The summed E-state index contributed by atoms with van der Waals surface area (Å²) < 4.78 is 30.9. The van der Waals surface area contributed by atoms with Crippen LogP contribution in [0, 0.1) is 0 Å². The maximum absolute atomic E-state index is 13.7. The third-order valence-corrected chi connectivity index (χ3v) is 18.2. The average Bonchev–Trinajstić information content (AvgIpc) is 3.69. The van der Waals surface area contributed by atoms with Crippen molar-refractivity contribution in [3.8, 4) is 0 Å². The lowest BCUT2D eigenvalue weighted by Crippen LogP contribution is -2.47. The molecule has 0 saturated carbocycles. The van der Waals surface area contributed by atoms with Crippen LogP contribution in [0.1, 0.15) is 361 Å². The smallest absolute Gasteiger partial charge is 0.456 e. The molecule has 92 heavy (non-hydrogen) atoms. The number of hydrogen-bond donors (Lipinski definition) is 2. The molecule has 10 heteroatoms. The highest BCUT2D eigenvalue weighted by Crippen LogP contribution is 2.43. The van der Waals surface area contributed by atoms with Crippen LogP contribution >= 0.6 is 7.82 Å². The van der Waals surface area contributed by atoms with Gasteiger partial charge in [-0.25, -0.2) is 4.57 Å². The number of esters is 1. The minimum absolute atomic E-state index is 0.0360. The van der Waals surface area contributed by atoms with Crippen molar-refractivity contribution in [3.05, 3.63) is 97.2 Å². The van der Waals surface area contributed by atoms with Crippen molar-refractivity contribution in [2.75, 3.05) is 40.9 Å². The molecular formula is C82H150N2O7P+. The van der Waals surface area contributed by atoms with Crippen molar-refractivity contribution < 1.29 is 37.3 Å². The summed E-state index contributed by atoms with van der Waals surface area (Å²) in [5, 5.41) is 3.08.